The lowest BCUT2D eigenvalue weighted by atomic mass is 10.2. The fourth-order valence-corrected chi connectivity index (χ4v) is 5.42. The molecule has 0 aliphatic carbocycles. The van der Waals surface area contributed by atoms with Gasteiger partial charge in [-0.3, -0.25) is 9.69 Å². The molecule has 1 heterocycles. The monoisotopic (exact) mass is 463 g/mol. The van der Waals surface area contributed by atoms with E-state index in [-0.39, 0.29) is 17.0 Å². The van der Waals surface area contributed by atoms with E-state index in [2.05, 4.69) is 9.88 Å². The Labute approximate surface area is 186 Å². The van der Waals surface area contributed by atoms with E-state index in [1.165, 1.54) is 34.4 Å². The summed E-state index contributed by atoms with van der Waals surface area (Å²) in [4.78, 5) is 21.1. The van der Waals surface area contributed by atoms with Crippen molar-refractivity contribution in [2.45, 2.75) is 25.7 Å². The minimum atomic E-state index is -3.82. The maximum absolute atomic E-state index is 14.1. The van der Waals surface area contributed by atoms with Gasteiger partial charge in [0.15, 0.2) is 15.0 Å². The zero-order valence-electron chi connectivity index (χ0n) is 17.8. The highest BCUT2D eigenvalue weighted by atomic mass is 32.2. The van der Waals surface area contributed by atoms with Crippen LogP contribution in [0, 0.1) is 12.7 Å². The van der Waals surface area contributed by atoms with Gasteiger partial charge < -0.3 is 4.90 Å². The van der Waals surface area contributed by atoms with Gasteiger partial charge in [-0.15, -0.1) is 0 Å². The number of thiazole rings is 1. The number of para-hydroxylation sites is 1. The van der Waals surface area contributed by atoms with Crippen LogP contribution in [-0.4, -0.2) is 56.1 Å². The van der Waals surface area contributed by atoms with E-state index in [4.69, 9.17) is 0 Å². The number of aromatic nitrogens is 1. The number of fused-ring (bicyclic) bond motifs is 1. The molecule has 0 saturated heterocycles. The molecule has 0 aliphatic rings. The Bertz CT molecular complexity index is 1160. The predicted octanol–water partition coefficient (Wildman–Crippen LogP) is 3.89. The van der Waals surface area contributed by atoms with Gasteiger partial charge in [0.1, 0.15) is 17.1 Å². The average molecular weight is 464 g/mol. The summed E-state index contributed by atoms with van der Waals surface area (Å²) in [5.41, 5.74) is 1.12. The Hall–Kier alpha value is -2.36. The summed E-state index contributed by atoms with van der Waals surface area (Å²) in [6.07, 6.45) is 0. The quantitative estimate of drug-likeness (QED) is 0.481. The van der Waals surface area contributed by atoms with Crippen LogP contribution in [0.5, 0.6) is 0 Å². The van der Waals surface area contributed by atoms with Crippen LogP contribution in [0.15, 0.2) is 47.4 Å². The third-order valence-corrected chi connectivity index (χ3v) is 7.78. The third kappa shape index (κ3) is 5.47. The topological polar surface area (TPSA) is 70.6 Å². The molecule has 0 unspecified atom stereocenters. The van der Waals surface area contributed by atoms with Crippen molar-refractivity contribution in [3.05, 3.63) is 53.8 Å². The SMILES string of the molecule is CCN(CC)CCN(C(=O)CS(=O)(=O)c1ccc(C)cc1)c1nc2c(F)cccc2s1. The lowest BCUT2D eigenvalue weighted by Crippen LogP contribution is -2.41. The number of benzene rings is 2. The maximum atomic E-state index is 14.1. The van der Waals surface area contributed by atoms with Gasteiger partial charge in [0, 0.05) is 13.1 Å². The molecule has 0 aliphatic heterocycles. The molecule has 0 atom stereocenters. The van der Waals surface area contributed by atoms with E-state index < -0.39 is 27.3 Å². The van der Waals surface area contributed by atoms with Crippen LogP contribution in [0.1, 0.15) is 19.4 Å². The van der Waals surface area contributed by atoms with Crippen LogP contribution in [0.2, 0.25) is 0 Å². The summed E-state index contributed by atoms with van der Waals surface area (Å²) < 4.78 is 40.4. The Kier molecular flexibility index (Phi) is 7.40. The van der Waals surface area contributed by atoms with Crippen molar-refractivity contribution in [1.82, 2.24) is 9.88 Å². The van der Waals surface area contributed by atoms with Crippen molar-refractivity contribution in [2.75, 3.05) is 36.8 Å². The number of sulfone groups is 1. The summed E-state index contributed by atoms with van der Waals surface area (Å²) in [6, 6.07) is 11.0. The zero-order chi connectivity index (χ0) is 22.6. The number of hydrogen-bond acceptors (Lipinski definition) is 6. The number of anilines is 1. The largest absolute Gasteiger partial charge is 0.302 e. The summed E-state index contributed by atoms with van der Waals surface area (Å²) in [7, 11) is -3.82. The average Bonchev–Trinajstić information content (AvgIpc) is 3.16. The van der Waals surface area contributed by atoms with Crippen molar-refractivity contribution in [2.24, 2.45) is 0 Å². The molecule has 0 N–H and O–H groups in total. The summed E-state index contributed by atoms with van der Waals surface area (Å²) in [6.45, 7) is 8.33. The van der Waals surface area contributed by atoms with Crippen LogP contribution in [0.3, 0.4) is 0 Å². The molecule has 166 valence electrons. The maximum Gasteiger partial charge on any atom is 0.244 e. The normalized spacial score (nSPS) is 11.9. The highest BCUT2D eigenvalue weighted by Gasteiger charge is 2.27. The van der Waals surface area contributed by atoms with E-state index in [9.17, 15) is 17.6 Å². The van der Waals surface area contributed by atoms with Gasteiger partial charge in [0.25, 0.3) is 0 Å². The van der Waals surface area contributed by atoms with Crippen LogP contribution in [-0.2, 0) is 14.6 Å². The molecule has 6 nitrogen and oxygen atoms in total. The second kappa shape index (κ2) is 9.84. The van der Waals surface area contributed by atoms with Crippen molar-refractivity contribution >= 4 is 42.4 Å². The molecule has 0 saturated carbocycles. The van der Waals surface area contributed by atoms with E-state index in [1.807, 2.05) is 20.8 Å². The molecule has 0 fully saturated rings. The zero-order valence-corrected chi connectivity index (χ0v) is 19.5. The summed E-state index contributed by atoms with van der Waals surface area (Å²) in [5.74, 6) is -1.72. The first-order chi connectivity index (χ1) is 14.7. The van der Waals surface area contributed by atoms with Crippen molar-refractivity contribution in [3.63, 3.8) is 0 Å². The van der Waals surface area contributed by atoms with Crippen molar-refractivity contribution < 1.29 is 17.6 Å². The second-order valence-corrected chi connectivity index (χ2v) is 10.2. The summed E-state index contributed by atoms with van der Waals surface area (Å²) in [5, 5.41) is 0.302. The van der Waals surface area contributed by atoms with Gasteiger partial charge in [-0.05, 0) is 44.3 Å². The molecule has 0 bridgehead atoms. The number of nitrogens with zero attached hydrogens (tertiary/aromatic N) is 3. The molecule has 2 aromatic carbocycles. The number of carbonyl (C=O) groups is 1. The number of carbonyl (C=O) groups excluding carboxylic acids is 1. The van der Waals surface area contributed by atoms with Gasteiger partial charge in [0.2, 0.25) is 5.91 Å². The van der Waals surface area contributed by atoms with Crippen LogP contribution >= 0.6 is 11.3 Å². The molecular weight excluding hydrogens is 437 g/mol. The van der Waals surface area contributed by atoms with Crippen LogP contribution in [0.25, 0.3) is 10.2 Å². The Morgan fingerprint density at radius 3 is 2.35 bits per heavy atom. The standard InChI is InChI=1S/C22H26FN3O3S2/c1-4-25(5-2)13-14-26(22-24-21-18(23)7-6-8-19(21)30-22)20(27)15-31(28,29)17-11-9-16(3)10-12-17/h6-12H,4-5,13-15H2,1-3H3. The minimum Gasteiger partial charge on any atom is -0.302 e. The number of amides is 1. The number of hydrogen-bond donors (Lipinski definition) is 0. The van der Waals surface area contributed by atoms with Crippen LogP contribution in [0.4, 0.5) is 9.52 Å². The van der Waals surface area contributed by atoms with Gasteiger partial charge in [-0.2, -0.15) is 0 Å². The van der Waals surface area contributed by atoms with E-state index in [1.54, 1.807) is 24.3 Å². The first kappa shape index (κ1) is 23.3. The molecular formula is C22H26FN3O3S2. The smallest absolute Gasteiger partial charge is 0.244 e. The third-order valence-electron chi connectivity index (χ3n) is 5.12. The number of rotatable bonds is 9. The van der Waals surface area contributed by atoms with E-state index in [0.29, 0.717) is 16.4 Å². The number of likely N-dealkylation sites (N-methyl/N-ethyl adjacent to an activating group) is 1. The summed E-state index contributed by atoms with van der Waals surface area (Å²) >= 11 is 1.18. The Balaban J connectivity index is 1.91. The molecule has 1 amide bonds. The fourth-order valence-electron chi connectivity index (χ4n) is 3.20. The predicted molar refractivity (Wildman–Crippen MR) is 123 cm³/mol. The van der Waals surface area contributed by atoms with Crippen molar-refractivity contribution in [3.8, 4) is 0 Å². The fraction of sp³-hybridized carbons (Fsp3) is 0.364. The molecule has 1 aromatic heterocycles. The van der Waals surface area contributed by atoms with E-state index >= 15 is 0 Å². The van der Waals surface area contributed by atoms with Crippen molar-refractivity contribution in [1.29, 1.82) is 0 Å². The molecule has 3 rings (SSSR count). The molecule has 0 radical (unpaired) electrons. The highest BCUT2D eigenvalue weighted by Crippen LogP contribution is 2.30. The molecule has 31 heavy (non-hydrogen) atoms. The Morgan fingerprint density at radius 1 is 1.06 bits per heavy atom. The Morgan fingerprint density at radius 2 is 1.74 bits per heavy atom. The minimum absolute atomic E-state index is 0.102. The lowest BCUT2D eigenvalue weighted by Gasteiger charge is -2.24. The molecule has 9 heteroatoms. The van der Waals surface area contributed by atoms with Gasteiger partial charge in [-0.25, -0.2) is 17.8 Å². The first-order valence-electron chi connectivity index (χ1n) is 10.1. The molecule has 0 spiro atoms. The second-order valence-electron chi connectivity index (χ2n) is 7.23. The highest BCUT2D eigenvalue weighted by molar-refractivity contribution is 7.92. The lowest BCUT2D eigenvalue weighted by molar-refractivity contribution is -0.116. The molecule has 3 aromatic rings. The van der Waals surface area contributed by atoms with Gasteiger partial charge >= 0.3 is 0 Å². The first-order valence-corrected chi connectivity index (χ1v) is 12.6. The van der Waals surface area contributed by atoms with Crippen LogP contribution < -0.4 is 4.90 Å². The van der Waals surface area contributed by atoms with E-state index in [0.717, 1.165) is 18.7 Å². The number of halogens is 1. The van der Waals surface area contributed by atoms with Gasteiger partial charge in [-0.1, -0.05) is 48.9 Å². The van der Waals surface area contributed by atoms with Gasteiger partial charge in [0.05, 0.1) is 9.60 Å². The number of aryl methyl sites for hydroxylation is 1.